The molecule has 0 bridgehead atoms. The monoisotopic (exact) mass is 482 g/mol. The van der Waals surface area contributed by atoms with Gasteiger partial charge >= 0.3 is 0 Å². The molecule has 6 heteroatoms. The summed E-state index contributed by atoms with van der Waals surface area (Å²) in [7, 11) is 0. The minimum absolute atomic E-state index is 0.0742. The van der Waals surface area contributed by atoms with Crippen LogP contribution in [0.4, 0.5) is 0 Å². The summed E-state index contributed by atoms with van der Waals surface area (Å²) in [6, 6.07) is 11.6. The first-order chi connectivity index (χ1) is 12.2. The average molecular weight is 482 g/mol. The molecule has 2 heterocycles. The van der Waals surface area contributed by atoms with Gasteiger partial charge in [0.05, 0.1) is 10.6 Å². The lowest BCUT2D eigenvalue weighted by Gasteiger charge is -2.31. The van der Waals surface area contributed by atoms with Crippen molar-refractivity contribution in [1.82, 2.24) is 9.88 Å². The van der Waals surface area contributed by atoms with Crippen LogP contribution in [0, 0.1) is 3.57 Å². The van der Waals surface area contributed by atoms with Crippen LogP contribution in [0.3, 0.4) is 0 Å². The molecule has 25 heavy (non-hydrogen) atoms. The maximum absolute atomic E-state index is 13.4. The van der Waals surface area contributed by atoms with E-state index in [9.17, 15) is 4.79 Å². The van der Waals surface area contributed by atoms with Crippen LogP contribution < -0.4 is 0 Å². The third kappa shape index (κ3) is 4.60. The highest BCUT2D eigenvalue weighted by molar-refractivity contribution is 14.1. The van der Waals surface area contributed by atoms with Gasteiger partial charge in [0, 0.05) is 46.1 Å². The molecule has 0 N–H and O–H groups in total. The number of aromatic nitrogens is 1. The van der Waals surface area contributed by atoms with Crippen molar-refractivity contribution in [3.8, 4) is 0 Å². The van der Waals surface area contributed by atoms with E-state index >= 15 is 0 Å². The lowest BCUT2D eigenvalue weighted by molar-refractivity contribution is 0.105. The van der Waals surface area contributed by atoms with Crippen LogP contribution in [0.5, 0.6) is 0 Å². The van der Waals surface area contributed by atoms with Crippen molar-refractivity contribution in [2.24, 2.45) is 0 Å². The van der Waals surface area contributed by atoms with E-state index in [2.05, 4.69) is 38.7 Å². The van der Waals surface area contributed by atoms with Crippen LogP contribution in [0.1, 0.15) is 15.9 Å². The van der Waals surface area contributed by atoms with E-state index in [4.69, 9.17) is 0 Å². The fraction of sp³-hybridized carbons (Fsp3) is 0.263. The van der Waals surface area contributed by atoms with Gasteiger partial charge in [-0.05, 0) is 70.8 Å². The van der Waals surface area contributed by atoms with E-state index < -0.39 is 0 Å². The first kappa shape index (κ1) is 18.8. The van der Waals surface area contributed by atoms with Gasteiger partial charge in [0.15, 0.2) is 5.78 Å². The zero-order valence-electron chi connectivity index (χ0n) is 13.9. The van der Waals surface area contributed by atoms with Gasteiger partial charge in [-0.15, -0.1) is 11.8 Å². The Bertz CT molecular complexity index is 757. The molecule has 0 unspecified atom stereocenters. The quantitative estimate of drug-likeness (QED) is 0.352. The lowest BCUT2D eigenvalue weighted by atomic mass is 9.98. The van der Waals surface area contributed by atoms with Crippen molar-refractivity contribution in [3.05, 3.63) is 68.5 Å². The molecule has 0 saturated carbocycles. The van der Waals surface area contributed by atoms with E-state index in [1.54, 1.807) is 24.2 Å². The Kier molecular flexibility index (Phi) is 6.84. The second-order valence-corrected chi connectivity index (χ2v) is 8.82. The van der Waals surface area contributed by atoms with Crippen LogP contribution in [0.2, 0.25) is 0 Å². The molecule has 3 rings (SSSR count). The zero-order chi connectivity index (χ0) is 17.6. The van der Waals surface area contributed by atoms with Gasteiger partial charge in [0.25, 0.3) is 0 Å². The number of hydrogen-bond acceptors (Lipinski definition) is 5. The molecule has 0 radical (unpaired) electrons. The van der Waals surface area contributed by atoms with Crippen LogP contribution in [0.15, 0.2) is 53.8 Å². The normalized spacial score (nSPS) is 15.7. The van der Waals surface area contributed by atoms with Crippen molar-refractivity contribution in [1.29, 1.82) is 0 Å². The summed E-state index contributed by atoms with van der Waals surface area (Å²) in [5.41, 5.74) is 2.44. The molecule has 130 valence electrons. The highest BCUT2D eigenvalue weighted by Gasteiger charge is 2.24. The largest absolute Gasteiger partial charge is 0.364 e. The molecule has 1 aliphatic heterocycles. The molecule has 0 amide bonds. The zero-order valence-corrected chi connectivity index (χ0v) is 17.7. The summed E-state index contributed by atoms with van der Waals surface area (Å²) in [5.74, 6) is 2.28. The topological polar surface area (TPSA) is 33.2 Å². The average Bonchev–Trinajstić information content (AvgIpc) is 2.67. The highest BCUT2D eigenvalue weighted by Crippen LogP contribution is 2.32. The number of halogens is 1. The number of thioether (sulfide) groups is 2. The van der Waals surface area contributed by atoms with Gasteiger partial charge in [0.2, 0.25) is 0 Å². The molecule has 2 aromatic rings. The van der Waals surface area contributed by atoms with Crippen molar-refractivity contribution in [2.45, 2.75) is 0 Å². The molecule has 0 aliphatic carbocycles. The smallest absolute Gasteiger partial charge is 0.196 e. The van der Waals surface area contributed by atoms with E-state index in [-0.39, 0.29) is 5.78 Å². The Morgan fingerprint density at radius 1 is 1.08 bits per heavy atom. The van der Waals surface area contributed by atoms with Crippen molar-refractivity contribution >= 4 is 57.5 Å². The number of benzene rings is 1. The summed E-state index contributed by atoms with van der Waals surface area (Å²) in [6.45, 7) is 1.96. The third-order valence-corrected chi connectivity index (χ3v) is 6.52. The number of ketones is 1. The van der Waals surface area contributed by atoms with Crippen molar-refractivity contribution in [3.63, 3.8) is 0 Å². The number of rotatable bonds is 5. The highest BCUT2D eigenvalue weighted by atomic mass is 127. The van der Waals surface area contributed by atoms with Gasteiger partial charge < -0.3 is 4.90 Å². The van der Waals surface area contributed by atoms with Crippen molar-refractivity contribution in [2.75, 3.05) is 30.9 Å². The Hall–Kier alpha value is -0.990. The molecule has 1 fully saturated rings. The van der Waals surface area contributed by atoms with Gasteiger partial charge in [-0.2, -0.15) is 11.8 Å². The minimum Gasteiger partial charge on any atom is -0.364 e. The maximum Gasteiger partial charge on any atom is 0.196 e. The predicted octanol–water partition coefficient (Wildman–Crippen LogP) is 4.65. The Morgan fingerprint density at radius 2 is 1.72 bits per heavy atom. The van der Waals surface area contributed by atoms with Crippen LogP contribution >= 0.6 is 46.1 Å². The number of Topliss-reactive ketones (excluding diaryl/α,β-unsaturated/α-hetero) is 1. The fourth-order valence-corrected chi connectivity index (χ4v) is 4.89. The Morgan fingerprint density at radius 3 is 2.32 bits per heavy atom. The van der Waals surface area contributed by atoms with Gasteiger partial charge in [-0.1, -0.05) is 0 Å². The second-order valence-electron chi connectivity index (χ2n) is 5.56. The molecule has 1 saturated heterocycles. The van der Waals surface area contributed by atoms with Gasteiger partial charge in [-0.25, -0.2) is 0 Å². The van der Waals surface area contributed by atoms with E-state index in [1.807, 2.05) is 48.2 Å². The second kappa shape index (κ2) is 9.09. The molecule has 0 atom stereocenters. The molecule has 1 aromatic carbocycles. The number of nitrogens with zero attached hydrogens (tertiary/aromatic N) is 2. The third-order valence-electron chi connectivity index (χ3n) is 4.01. The maximum atomic E-state index is 13.4. The van der Waals surface area contributed by atoms with Gasteiger partial charge in [0.1, 0.15) is 0 Å². The summed E-state index contributed by atoms with van der Waals surface area (Å²) in [5, 5.41) is 1.06. The SMILES string of the molecule is CS/C(=C(\C(=O)c1ccc(I)cc1)c1ccncc1)N1CCSCC1. The van der Waals surface area contributed by atoms with Crippen LogP contribution in [-0.2, 0) is 0 Å². The number of hydrogen-bond donors (Lipinski definition) is 0. The fourth-order valence-electron chi connectivity index (χ4n) is 2.77. The van der Waals surface area contributed by atoms with E-state index in [0.717, 1.165) is 49.9 Å². The summed E-state index contributed by atoms with van der Waals surface area (Å²) < 4.78 is 1.13. The Balaban J connectivity index is 2.09. The number of pyridine rings is 1. The van der Waals surface area contributed by atoms with Crippen LogP contribution in [-0.4, -0.2) is 46.5 Å². The summed E-state index contributed by atoms with van der Waals surface area (Å²) in [6.07, 6.45) is 5.56. The number of carbonyl (C=O) groups excluding carboxylic acids is 1. The minimum atomic E-state index is 0.0742. The predicted molar refractivity (Wildman–Crippen MR) is 117 cm³/mol. The lowest BCUT2D eigenvalue weighted by Crippen LogP contribution is -2.32. The first-order valence-electron chi connectivity index (χ1n) is 8.02. The molecule has 3 nitrogen and oxygen atoms in total. The molecule has 1 aliphatic rings. The Labute approximate surface area is 170 Å². The standard InChI is InChI=1S/C19H19IN2OS2/c1-24-19(22-10-12-25-13-11-22)17(14-6-8-21-9-7-14)18(23)15-2-4-16(20)5-3-15/h2-9H,10-13H2,1H3/b19-17-. The van der Waals surface area contributed by atoms with E-state index in [1.165, 1.54) is 0 Å². The molecule has 1 aromatic heterocycles. The number of carbonyl (C=O) groups is 1. The molecular formula is C19H19IN2OS2. The van der Waals surface area contributed by atoms with Crippen molar-refractivity contribution < 1.29 is 4.79 Å². The van der Waals surface area contributed by atoms with Crippen LogP contribution in [0.25, 0.3) is 5.57 Å². The molecule has 0 spiro atoms. The molecular weight excluding hydrogens is 463 g/mol. The van der Waals surface area contributed by atoms with Gasteiger partial charge in [-0.3, -0.25) is 9.78 Å². The first-order valence-corrected chi connectivity index (χ1v) is 11.5. The number of allylic oxidation sites excluding steroid dienone is 1. The van der Waals surface area contributed by atoms with E-state index in [0.29, 0.717) is 0 Å². The summed E-state index contributed by atoms with van der Waals surface area (Å²) >= 11 is 5.89. The summed E-state index contributed by atoms with van der Waals surface area (Å²) in [4.78, 5) is 19.8.